The molecule has 1 unspecified atom stereocenters. The topological polar surface area (TPSA) is 95.4 Å². The van der Waals surface area contributed by atoms with Gasteiger partial charge in [-0.1, -0.05) is 0 Å². The van der Waals surface area contributed by atoms with Gasteiger partial charge in [0.1, 0.15) is 6.04 Å². The quantitative estimate of drug-likeness (QED) is 0.448. The van der Waals surface area contributed by atoms with E-state index in [2.05, 4.69) is 11.5 Å². The lowest BCUT2D eigenvalue weighted by molar-refractivity contribution is -0.438. The molecular weight excluding hydrogens is 203 g/mol. The molecule has 0 heterocycles. The maximum absolute atomic E-state index is 10.2. The zero-order valence-electron chi connectivity index (χ0n) is 6.76. The van der Waals surface area contributed by atoms with E-state index in [9.17, 15) is 9.90 Å². The molecule has 4 nitrogen and oxygen atoms in total. The summed E-state index contributed by atoms with van der Waals surface area (Å²) in [6, 6.07) is -0.705. The Hall–Kier alpha value is -0.0300. The number of aliphatic carboxylic acids is 1. The number of hydrogen-bond acceptors (Lipinski definition) is 2. The third kappa shape index (κ3) is 6.67. The molecule has 0 spiro atoms. The van der Waals surface area contributed by atoms with Crippen LogP contribution in [0.15, 0.2) is 0 Å². The average Bonchev–Trinajstić information content (AvgIpc) is 1.87. The lowest BCUT2D eigenvalue weighted by atomic mass is 10.1. The highest BCUT2D eigenvalue weighted by Crippen LogP contribution is 2.06. The molecule has 12 heavy (non-hydrogen) atoms. The lowest BCUT2D eigenvalue weighted by Crippen LogP contribution is -3.00. The van der Waals surface area contributed by atoms with Gasteiger partial charge in [-0.15, -0.1) is 11.6 Å². The highest BCUT2D eigenvalue weighted by molar-refractivity contribution is 6.20. The second kappa shape index (κ2) is 7.61. The average molecular weight is 217 g/mol. The number of carboxylic acid groups (broad SMARTS) is 1. The largest absolute Gasteiger partial charge is 1.00 e. The van der Waals surface area contributed by atoms with Gasteiger partial charge in [-0.05, 0) is 0 Å². The van der Waals surface area contributed by atoms with Gasteiger partial charge in [0.15, 0.2) is 0 Å². The second-order valence-corrected chi connectivity index (χ2v) is 3.11. The summed E-state index contributed by atoms with van der Waals surface area (Å²) in [6.07, 6.45) is 1.08. The normalized spacial score (nSPS) is 14.6. The molecule has 0 fully saturated rings. The molecule has 0 radical (unpaired) electrons. The molecule has 0 saturated heterocycles. The van der Waals surface area contributed by atoms with Crippen molar-refractivity contribution in [3.05, 3.63) is 0 Å². The van der Waals surface area contributed by atoms with Crippen LogP contribution >= 0.6 is 11.6 Å². The minimum absolute atomic E-state index is 0. The van der Waals surface area contributed by atoms with Gasteiger partial charge in [0, 0.05) is 18.2 Å². The van der Waals surface area contributed by atoms with Gasteiger partial charge in [0.05, 0.1) is 12.5 Å². The van der Waals surface area contributed by atoms with Crippen molar-refractivity contribution >= 4 is 17.6 Å². The zero-order chi connectivity index (χ0) is 8.85. The first kappa shape index (κ1) is 14.5. The summed E-state index contributed by atoms with van der Waals surface area (Å²) < 4.78 is 0. The first-order valence-corrected chi connectivity index (χ1v) is 3.98. The molecule has 0 aliphatic carbocycles. The van der Waals surface area contributed by atoms with Crippen LogP contribution in [0.2, 0.25) is 0 Å². The van der Waals surface area contributed by atoms with Gasteiger partial charge in [-0.2, -0.15) is 0 Å². The number of halogens is 2. The van der Waals surface area contributed by atoms with Crippen LogP contribution in [0, 0.1) is 0 Å². The summed E-state index contributed by atoms with van der Waals surface area (Å²) in [5.41, 5.74) is 7.00. The predicted octanol–water partition coefficient (Wildman–Crippen LogP) is -6.02. The molecule has 6 N–H and O–H groups in total. The third-order valence-corrected chi connectivity index (χ3v) is 1.79. The Morgan fingerprint density at radius 2 is 2.08 bits per heavy atom. The van der Waals surface area contributed by atoms with Gasteiger partial charge in [-0.25, -0.2) is 0 Å². The van der Waals surface area contributed by atoms with E-state index < -0.39 is 12.0 Å². The number of rotatable bonds is 5. The maximum atomic E-state index is 10.2. The van der Waals surface area contributed by atoms with Crippen LogP contribution in [0.1, 0.15) is 12.8 Å². The first-order chi connectivity index (χ1) is 5.07. The van der Waals surface area contributed by atoms with Gasteiger partial charge in [0.2, 0.25) is 0 Å². The van der Waals surface area contributed by atoms with Crippen molar-refractivity contribution < 1.29 is 33.8 Å². The first-order valence-electron chi connectivity index (χ1n) is 3.55. The van der Waals surface area contributed by atoms with Crippen LogP contribution in [0.3, 0.4) is 0 Å². The molecule has 6 heteroatoms. The van der Waals surface area contributed by atoms with Gasteiger partial charge >= 0.3 is 0 Å². The molecule has 0 bridgehead atoms. The highest BCUT2D eigenvalue weighted by atomic mass is 35.5. The highest BCUT2D eigenvalue weighted by Gasteiger charge is 2.14. The van der Waals surface area contributed by atoms with Crippen molar-refractivity contribution in [2.75, 3.05) is 6.54 Å². The summed E-state index contributed by atoms with van der Waals surface area (Å²) in [7, 11) is 0. The maximum Gasteiger partial charge on any atom is 0.126 e. The van der Waals surface area contributed by atoms with E-state index in [4.69, 9.17) is 11.6 Å². The zero-order valence-corrected chi connectivity index (χ0v) is 8.27. The molecule has 0 aromatic rings. The molecule has 0 aliphatic heterocycles. The van der Waals surface area contributed by atoms with E-state index in [1.54, 1.807) is 0 Å². The number of hydrogen-bond donors (Lipinski definition) is 2. The molecule has 0 aromatic carbocycles. The van der Waals surface area contributed by atoms with Crippen LogP contribution in [0.5, 0.6) is 0 Å². The molecular formula is C6H14Cl2N2O2. The second-order valence-electron chi connectivity index (χ2n) is 2.49. The Morgan fingerprint density at radius 3 is 2.42 bits per heavy atom. The van der Waals surface area contributed by atoms with Crippen molar-refractivity contribution in [2.45, 2.75) is 24.3 Å². The van der Waals surface area contributed by atoms with E-state index in [0.29, 0.717) is 13.0 Å². The Bertz CT molecular complexity index is 135. The van der Waals surface area contributed by atoms with Crippen molar-refractivity contribution in [1.82, 2.24) is 0 Å². The van der Waals surface area contributed by atoms with Crippen molar-refractivity contribution in [3.8, 4) is 0 Å². The summed E-state index contributed by atoms with van der Waals surface area (Å²) >= 11 is 5.75. The van der Waals surface area contributed by atoms with Gasteiger partial charge < -0.3 is 33.8 Å². The monoisotopic (exact) mass is 216 g/mol. The predicted molar refractivity (Wildman–Crippen MR) is 38.3 cm³/mol. The summed E-state index contributed by atoms with van der Waals surface area (Å²) in [5.74, 6) is -1.14. The number of carbonyl (C=O) groups is 1. The Kier molecular flexibility index (Phi) is 9.19. The standard InChI is InChI=1S/C6H13ClN2O2.ClH/c7-4(1-2-8)3-5(9)6(10)11;/h4-5H,1-3,8-9H2,(H,10,11);1H/t4?,5-;/m0./s1. The van der Waals surface area contributed by atoms with Crippen LogP contribution < -0.4 is 29.0 Å². The SMILES string of the molecule is [Cl-].[NH3+]CCC(Cl)C[C@H]([NH3+])C(=O)[O-]. The minimum Gasteiger partial charge on any atom is -1.00 e. The number of carbonyl (C=O) groups excluding carboxylic acids is 1. The number of carboxylic acids is 1. The van der Waals surface area contributed by atoms with Crippen molar-refractivity contribution in [2.24, 2.45) is 0 Å². The molecule has 2 atom stereocenters. The van der Waals surface area contributed by atoms with E-state index in [0.717, 1.165) is 6.42 Å². The van der Waals surface area contributed by atoms with E-state index >= 15 is 0 Å². The molecule has 0 rings (SSSR count). The molecule has 0 aliphatic rings. The van der Waals surface area contributed by atoms with E-state index in [1.807, 2.05) is 0 Å². The smallest absolute Gasteiger partial charge is 0.126 e. The minimum atomic E-state index is -1.14. The molecule has 0 aromatic heterocycles. The fraction of sp³-hybridized carbons (Fsp3) is 0.833. The Labute approximate surface area is 82.7 Å². The molecule has 0 saturated carbocycles. The van der Waals surface area contributed by atoms with E-state index in [-0.39, 0.29) is 17.8 Å². The fourth-order valence-corrected chi connectivity index (χ4v) is 1.11. The number of quaternary nitrogens is 2. The molecule has 74 valence electrons. The lowest BCUT2D eigenvalue weighted by Gasteiger charge is -2.11. The third-order valence-electron chi connectivity index (χ3n) is 1.39. The Balaban J connectivity index is 0. The number of alkyl halides is 1. The fourth-order valence-electron chi connectivity index (χ4n) is 0.744. The van der Waals surface area contributed by atoms with E-state index in [1.165, 1.54) is 0 Å². The van der Waals surface area contributed by atoms with Crippen molar-refractivity contribution in [1.29, 1.82) is 0 Å². The van der Waals surface area contributed by atoms with Crippen LogP contribution in [-0.2, 0) is 4.79 Å². The van der Waals surface area contributed by atoms with Crippen molar-refractivity contribution in [3.63, 3.8) is 0 Å². The van der Waals surface area contributed by atoms with Crippen LogP contribution in [0.4, 0.5) is 0 Å². The summed E-state index contributed by atoms with van der Waals surface area (Å²) in [5, 5.41) is 10.0. The van der Waals surface area contributed by atoms with Gasteiger partial charge in [-0.3, -0.25) is 0 Å². The summed E-state index contributed by atoms with van der Waals surface area (Å²) in [6.45, 7) is 0.716. The van der Waals surface area contributed by atoms with Crippen LogP contribution in [0.25, 0.3) is 0 Å². The summed E-state index contributed by atoms with van der Waals surface area (Å²) in [4.78, 5) is 10.2. The molecule has 0 amide bonds. The van der Waals surface area contributed by atoms with Gasteiger partial charge in [0.25, 0.3) is 0 Å². The Morgan fingerprint density at radius 1 is 1.58 bits per heavy atom. The van der Waals surface area contributed by atoms with Crippen LogP contribution in [-0.4, -0.2) is 23.9 Å².